The molecule has 29 heavy (non-hydrogen) atoms. The molecule has 0 saturated carbocycles. The van der Waals surface area contributed by atoms with Gasteiger partial charge in [0.1, 0.15) is 0 Å². The van der Waals surface area contributed by atoms with Gasteiger partial charge in [0.15, 0.2) is 0 Å². The van der Waals surface area contributed by atoms with E-state index in [0.717, 1.165) is 34.2 Å². The van der Waals surface area contributed by atoms with Crippen LogP contribution in [0.15, 0.2) is 18.2 Å². The minimum absolute atomic E-state index is 0. The fourth-order valence-electron chi connectivity index (χ4n) is 3.26. The first-order valence-electron chi connectivity index (χ1n) is 9.07. The van der Waals surface area contributed by atoms with Crippen molar-refractivity contribution >= 4 is 7.12 Å². The summed E-state index contributed by atoms with van der Waals surface area (Å²) >= 11 is 0. The van der Waals surface area contributed by atoms with Crippen LogP contribution >= 0.6 is 0 Å². The average molecular weight is 443 g/mol. The van der Waals surface area contributed by atoms with Crippen molar-refractivity contribution in [3.63, 3.8) is 0 Å². The second-order valence-electron chi connectivity index (χ2n) is 6.65. The van der Waals surface area contributed by atoms with Crippen LogP contribution < -0.4 is 0 Å². The van der Waals surface area contributed by atoms with E-state index in [4.69, 9.17) is 25.8 Å². The quantitative estimate of drug-likeness (QED) is 0.580. The minimum Gasteiger partial charge on any atom is -0.400 e. The van der Waals surface area contributed by atoms with Gasteiger partial charge in [-0.15, -0.1) is 0 Å². The first-order chi connectivity index (χ1) is 13.2. The number of rotatable bonds is 3. The Morgan fingerprint density at radius 2 is 0.862 bits per heavy atom. The Balaban J connectivity index is 0.00000100. The van der Waals surface area contributed by atoms with Crippen LogP contribution in [0.4, 0.5) is 0 Å². The predicted molar refractivity (Wildman–Crippen MR) is 111 cm³/mol. The standard InChI is InChI=1S/C15H22BN6.2C2H3N.Cu/c1-10-7-13(4)20(17-10)16(21-14(5)8-11(2)18-21)22-15(6)9-12(3)19-22;2*1-2-3;/h7-9,16H,1-6H3;2*1H3;/q-1;;;+1. The summed E-state index contributed by atoms with van der Waals surface area (Å²) in [7, 11) is -1.26. The molecule has 10 heteroatoms. The van der Waals surface area contributed by atoms with Gasteiger partial charge in [0, 0.05) is 13.8 Å². The first-order valence-corrected chi connectivity index (χ1v) is 9.07. The van der Waals surface area contributed by atoms with Crippen molar-refractivity contribution in [2.24, 2.45) is 0 Å². The summed E-state index contributed by atoms with van der Waals surface area (Å²) in [6, 6.07) is 9.78. The summed E-state index contributed by atoms with van der Waals surface area (Å²) in [6.07, 6.45) is 0. The Labute approximate surface area is 183 Å². The Morgan fingerprint density at radius 3 is 1.00 bits per heavy atom. The van der Waals surface area contributed by atoms with Crippen LogP contribution in [0.1, 0.15) is 48.0 Å². The number of aryl methyl sites for hydroxylation is 6. The van der Waals surface area contributed by atoms with Crippen molar-refractivity contribution in [2.45, 2.75) is 55.4 Å². The van der Waals surface area contributed by atoms with E-state index in [0.29, 0.717) is 0 Å². The van der Waals surface area contributed by atoms with Gasteiger partial charge in [-0.3, -0.25) is 0 Å². The average Bonchev–Trinajstić information content (AvgIpc) is 3.20. The molecule has 3 heterocycles. The molecule has 0 fully saturated rings. The van der Waals surface area contributed by atoms with Gasteiger partial charge in [-0.05, 0) is 76.8 Å². The fourth-order valence-corrected chi connectivity index (χ4v) is 3.26. The molecule has 0 saturated heterocycles. The summed E-state index contributed by atoms with van der Waals surface area (Å²) in [4.78, 5) is 0. The number of nitrogens with zero attached hydrogens (tertiary/aromatic N) is 8. The van der Waals surface area contributed by atoms with E-state index in [1.807, 2.05) is 20.8 Å². The SMILES string of the molecule is CC#N.CC#N.Cc1cc(C)n([BH-](n2nc(C)cc2C)n2nc(C)cc2C)n1.[Cu+]. The molecule has 3 aromatic rings. The number of hydrogen-bond donors (Lipinski definition) is 0. The topological polar surface area (TPSA) is 101 Å². The van der Waals surface area contributed by atoms with Gasteiger partial charge in [0.25, 0.3) is 0 Å². The summed E-state index contributed by atoms with van der Waals surface area (Å²) < 4.78 is 6.19. The Hall–Kier alpha value is -2.81. The van der Waals surface area contributed by atoms with Crippen LogP contribution in [-0.2, 0) is 17.1 Å². The van der Waals surface area contributed by atoms with Gasteiger partial charge in [0.2, 0.25) is 0 Å². The third kappa shape index (κ3) is 6.64. The monoisotopic (exact) mass is 442 g/mol. The molecule has 3 aromatic heterocycles. The van der Waals surface area contributed by atoms with Crippen LogP contribution in [0.5, 0.6) is 0 Å². The van der Waals surface area contributed by atoms with Crippen LogP contribution in [-0.4, -0.2) is 36.2 Å². The maximum absolute atomic E-state index is 7.32. The van der Waals surface area contributed by atoms with Crippen LogP contribution in [0, 0.1) is 64.2 Å². The van der Waals surface area contributed by atoms with Crippen molar-refractivity contribution in [1.29, 1.82) is 10.5 Å². The summed E-state index contributed by atoms with van der Waals surface area (Å²) in [5.41, 5.74) is 6.40. The molecule has 0 N–H and O–H groups in total. The smallest absolute Gasteiger partial charge is 0.400 e. The zero-order chi connectivity index (χ0) is 21.4. The molecular formula is C19H28BCuN8. The van der Waals surface area contributed by atoms with Gasteiger partial charge >= 0.3 is 24.2 Å². The van der Waals surface area contributed by atoms with E-state index in [9.17, 15) is 0 Å². The molecule has 0 spiro atoms. The summed E-state index contributed by atoms with van der Waals surface area (Å²) in [5.74, 6) is 0. The third-order valence-electron chi connectivity index (χ3n) is 4.11. The zero-order valence-electron chi connectivity index (χ0n) is 18.3. The first kappa shape index (κ1) is 26.2. The second kappa shape index (κ2) is 11.9. The largest absolute Gasteiger partial charge is 1.00 e. The van der Waals surface area contributed by atoms with Crippen molar-refractivity contribution < 1.29 is 17.1 Å². The van der Waals surface area contributed by atoms with Crippen LogP contribution in [0.2, 0.25) is 0 Å². The number of hydrogen-bond acceptors (Lipinski definition) is 5. The number of nitriles is 2. The molecule has 0 amide bonds. The van der Waals surface area contributed by atoms with Gasteiger partial charge in [-0.1, -0.05) is 0 Å². The Bertz CT molecular complexity index is 881. The minimum atomic E-state index is -1.26. The third-order valence-corrected chi connectivity index (χ3v) is 4.11. The van der Waals surface area contributed by atoms with Crippen molar-refractivity contribution in [3.05, 3.63) is 52.4 Å². The van der Waals surface area contributed by atoms with E-state index in [1.54, 1.807) is 12.1 Å². The molecule has 0 unspecified atom stereocenters. The van der Waals surface area contributed by atoms with Crippen LogP contribution in [0.3, 0.4) is 0 Å². The van der Waals surface area contributed by atoms with E-state index in [-0.39, 0.29) is 17.1 Å². The van der Waals surface area contributed by atoms with Crippen LogP contribution in [0.25, 0.3) is 0 Å². The van der Waals surface area contributed by atoms with Crippen molar-refractivity contribution in [1.82, 2.24) is 29.1 Å². The summed E-state index contributed by atoms with van der Waals surface area (Å²) in [5, 5.41) is 28.7. The molecule has 0 aliphatic heterocycles. The van der Waals surface area contributed by atoms with E-state index >= 15 is 0 Å². The van der Waals surface area contributed by atoms with Crippen molar-refractivity contribution in [2.75, 3.05) is 0 Å². The maximum Gasteiger partial charge on any atom is 1.00 e. The van der Waals surface area contributed by atoms with Gasteiger partial charge < -0.3 is 13.8 Å². The molecule has 0 aromatic carbocycles. The predicted octanol–water partition coefficient (Wildman–Crippen LogP) is 2.85. The fraction of sp³-hybridized carbons (Fsp3) is 0.421. The van der Waals surface area contributed by atoms with E-state index in [1.165, 1.54) is 13.8 Å². The molecule has 0 atom stereocenters. The molecule has 0 bridgehead atoms. The zero-order valence-corrected chi connectivity index (χ0v) is 19.3. The number of aromatic nitrogens is 6. The van der Waals surface area contributed by atoms with E-state index < -0.39 is 7.12 Å². The molecular weight excluding hydrogens is 415 g/mol. The Morgan fingerprint density at radius 1 is 0.655 bits per heavy atom. The maximum atomic E-state index is 7.32. The van der Waals surface area contributed by atoms with Gasteiger partial charge in [-0.25, -0.2) is 15.3 Å². The van der Waals surface area contributed by atoms with Gasteiger partial charge in [-0.2, -0.15) is 10.5 Å². The Kier molecular flexibility index (Phi) is 10.8. The summed E-state index contributed by atoms with van der Waals surface area (Å²) in [6.45, 7) is 15.2. The molecule has 0 aliphatic rings. The molecule has 0 aliphatic carbocycles. The second-order valence-corrected chi connectivity index (χ2v) is 6.65. The molecule has 158 valence electrons. The molecule has 8 nitrogen and oxygen atoms in total. The van der Waals surface area contributed by atoms with E-state index in [2.05, 4.69) is 52.7 Å². The molecule has 3 rings (SSSR count). The van der Waals surface area contributed by atoms with Crippen molar-refractivity contribution in [3.8, 4) is 12.1 Å². The normalized spacial score (nSPS) is 9.34. The molecule has 0 radical (unpaired) electrons. The van der Waals surface area contributed by atoms with Gasteiger partial charge in [0.05, 0.1) is 29.2 Å².